The van der Waals surface area contributed by atoms with E-state index in [1.807, 2.05) is 4.90 Å². The number of nitrogens with zero attached hydrogens (tertiary/aromatic N) is 3. The van der Waals surface area contributed by atoms with Gasteiger partial charge in [-0.2, -0.15) is 0 Å². The van der Waals surface area contributed by atoms with E-state index in [2.05, 4.69) is 25.9 Å². The number of benzene rings is 1. The summed E-state index contributed by atoms with van der Waals surface area (Å²) in [5, 5.41) is 9.56. The number of primary amides is 1. The van der Waals surface area contributed by atoms with Gasteiger partial charge in [-0.1, -0.05) is 0 Å². The van der Waals surface area contributed by atoms with E-state index in [-0.39, 0.29) is 34.3 Å². The fourth-order valence-corrected chi connectivity index (χ4v) is 5.76. The second-order valence-electron chi connectivity index (χ2n) is 9.52. The average molecular weight is 500 g/mol. The van der Waals surface area contributed by atoms with Crippen molar-refractivity contribution in [2.24, 2.45) is 23.5 Å². The molecule has 1 aromatic carbocycles. The monoisotopic (exact) mass is 499 g/mol. The lowest BCUT2D eigenvalue weighted by Crippen LogP contribution is -2.49. The number of aromatic nitrogens is 2. The van der Waals surface area contributed by atoms with Gasteiger partial charge in [0.25, 0.3) is 5.91 Å². The van der Waals surface area contributed by atoms with Crippen LogP contribution in [0.2, 0.25) is 0 Å². The molecule has 5 N–H and O–H groups in total. The predicted octanol–water partition coefficient (Wildman–Crippen LogP) is 0.273. The highest BCUT2D eigenvalue weighted by Gasteiger charge is 2.57. The minimum absolute atomic E-state index is 0.0168. The maximum atomic E-state index is 12.7. The standard InChI is InChI=1S/C23H29N7O4S/c1-35(33,34)15-6-4-13(5-7-15)27-22-20(21(24)31)26-11-18(29-22)30-8-2-3-14(12-30)28-23(32)19-16-9-25-10-17(16)19/h4-7,11,14,16-17,19,25H,2-3,8-10,12H2,1H3,(H2,24,31)(H,27,29)(H,28,32)/t14-,16?,17?,19?/m1/s1. The third kappa shape index (κ3) is 4.94. The molecule has 186 valence electrons. The number of nitrogens with two attached hydrogens (primary N) is 1. The van der Waals surface area contributed by atoms with Gasteiger partial charge < -0.3 is 26.6 Å². The molecule has 2 aliphatic heterocycles. The van der Waals surface area contributed by atoms with E-state index >= 15 is 0 Å². The van der Waals surface area contributed by atoms with Gasteiger partial charge in [-0.25, -0.2) is 18.4 Å². The number of fused-ring (bicyclic) bond motifs is 1. The van der Waals surface area contributed by atoms with E-state index in [1.165, 1.54) is 18.3 Å². The highest BCUT2D eigenvalue weighted by molar-refractivity contribution is 7.90. The summed E-state index contributed by atoms with van der Waals surface area (Å²) in [4.78, 5) is 35.7. The summed E-state index contributed by atoms with van der Waals surface area (Å²) in [5.74, 6) is 1.24. The van der Waals surface area contributed by atoms with Crippen molar-refractivity contribution in [3.8, 4) is 0 Å². The molecule has 11 nitrogen and oxygen atoms in total. The van der Waals surface area contributed by atoms with E-state index < -0.39 is 15.7 Å². The first kappa shape index (κ1) is 23.5. The molecule has 0 bridgehead atoms. The molecule has 5 rings (SSSR count). The van der Waals surface area contributed by atoms with Crippen molar-refractivity contribution < 1.29 is 18.0 Å². The minimum atomic E-state index is -3.32. The zero-order valence-corrected chi connectivity index (χ0v) is 20.2. The van der Waals surface area contributed by atoms with Gasteiger partial charge in [0.05, 0.1) is 11.1 Å². The van der Waals surface area contributed by atoms with Crippen LogP contribution in [0.25, 0.3) is 0 Å². The van der Waals surface area contributed by atoms with Crippen molar-refractivity contribution in [2.45, 2.75) is 23.8 Å². The van der Waals surface area contributed by atoms with Gasteiger partial charge >= 0.3 is 0 Å². The van der Waals surface area contributed by atoms with Crippen LogP contribution in [0.5, 0.6) is 0 Å². The summed E-state index contributed by atoms with van der Waals surface area (Å²) < 4.78 is 23.4. The van der Waals surface area contributed by atoms with Crippen LogP contribution >= 0.6 is 0 Å². The Balaban J connectivity index is 1.30. The number of sulfone groups is 1. The second-order valence-corrected chi connectivity index (χ2v) is 11.5. The lowest BCUT2D eigenvalue weighted by atomic mass is 10.1. The molecule has 1 aromatic heterocycles. The first-order valence-electron chi connectivity index (χ1n) is 11.7. The molecule has 3 aliphatic rings. The molecule has 2 saturated heterocycles. The summed E-state index contributed by atoms with van der Waals surface area (Å²) in [6.07, 6.45) is 4.43. The van der Waals surface area contributed by atoms with E-state index in [4.69, 9.17) is 5.73 Å². The van der Waals surface area contributed by atoms with Crippen LogP contribution in [0.3, 0.4) is 0 Å². The number of hydrogen-bond donors (Lipinski definition) is 4. The van der Waals surface area contributed by atoms with Crippen LogP contribution in [0.15, 0.2) is 35.4 Å². The maximum Gasteiger partial charge on any atom is 0.271 e. The third-order valence-electron chi connectivity index (χ3n) is 7.02. The first-order chi connectivity index (χ1) is 16.7. The molecule has 3 fully saturated rings. The van der Waals surface area contributed by atoms with Crippen LogP contribution in [0, 0.1) is 17.8 Å². The molecule has 2 aromatic rings. The van der Waals surface area contributed by atoms with E-state index in [0.29, 0.717) is 29.9 Å². The van der Waals surface area contributed by atoms with E-state index in [9.17, 15) is 18.0 Å². The van der Waals surface area contributed by atoms with Gasteiger partial charge in [0, 0.05) is 37.0 Å². The zero-order valence-electron chi connectivity index (χ0n) is 19.4. The van der Waals surface area contributed by atoms with Crippen molar-refractivity contribution in [1.29, 1.82) is 0 Å². The summed E-state index contributed by atoms with van der Waals surface area (Å²) in [5.41, 5.74) is 6.03. The van der Waals surface area contributed by atoms with Crippen LogP contribution in [0.4, 0.5) is 17.3 Å². The fourth-order valence-electron chi connectivity index (χ4n) is 5.13. The first-order valence-corrected chi connectivity index (χ1v) is 13.6. The number of nitrogens with one attached hydrogen (secondary N) is 3. The predicted molar refractivity (Wildman–Crippen MR) is 130 cm³/mol. The Morgan fingerprint density at radius 1 is 1.17 bits per heavy atom. The highest BCUT2D eigenvalue weighted by atomic mass is 32.2. The van der Waals surface area contributed by atoms with Crippen molar-refractivity contribution >= 4 is 39.0 Å². The van der Waals surface area contributed by atoms with Gasteiger partial charge in [-0.05, 0) is 62.0 Å². The number of carbonyl (C=O) groups is 2. The lowest BCUT2D eigenvalue weighted by molar-refractivity contribution is -0.123. The van der Waals surface area contributed by atoms with Gasteiger partial charge in [0.1, 0.15) is 5.82 Å². The fraction of sp³-hybridized carbons (Fsp3) is 0.478. The Kier molecular flexibility index (Phi) is 6.09. The van der Waals surface area contributed by atoms with Gasteiger partial charge in [-0.3, -0.25) is 9.59 Å². The third-order valence-corrected chi connectivity index (χ3v) is 8.15. The number of rotatable bonds is 7. The molecule has 0 spiro atoms. The Bertz CT molecular complexity index is 1240. The summed E-state index contributed by atoms with van der Waals surface area (Å²) in [6, 6.07) is 6.14. The van der Waals surface area contributed by atoms with Crippen molar-refractivity contribution in [2.75, 3.05) is 42.7 Å². The van der Waals surface area contributed by atoms with Crippen LogP contribution in [0.1, 0.15) is 23.3 Å². The Labute approximate surface area is 203 Å². The van der Waals surface area contributed by atoms with Crippen LogP contribution in [-0.2, 0) is 14.6 Å². The molecule has 1 saturated carbocycles. The quantitative estimate of drug-likeness (QED) is 0.419. The summed E-state index contributed by atoms with van der Waals surface area (Å²) in [6.45, 7) is 3.19. The van der Waals surface area contributed by atoms with Gasteiger partial charge in [0.2, 0.25) is 5.91 Å². The normalized spacial score (nSPS) is 25.6. The summed E-state index contributed by atoms with van der Waals surface area (Å²) in [7, 11) is -3.32. The van der Waals surface area contributed by atoms with E-state index in [1.54, 1.807) is 12.1 Å². The number of carbonyl (C=O) groups excluding carboxylic acids is 2. The smallest absolute Gasteiger partial charge is 0.271 e. The second kappa shape index (κ2) is 9.08. The molecule has 3 heterocycles. The molecule has 35 heavy (non-hydrogen) atoms. The Morgan fingerprint density at radius 2 is 1.89 bits per heavy atom. The van der Waals surface area contributed by atoms with Gasteiger partial charge in [0.15, 0.2) is 21.3 Å². The van der Waals surface area contributed by atoms with Crippen molar-refractivity contribution in [1.82, 2.24) is 20.6 Å². The number of piperidine rings is 2. The molecular formula is C23H29N7O4S. The zero-order chi connectivity index (χ0) is 24.7. The number of anilines is 3. The Hall–Kier alpha value is -3.25. The average Bonchev–Trinajstić information content (AvgIpc) is 3.31. The molecule has 12 heteroatoms. The van der Waals surface area contributed by atoms with Crippen LogP contribution < -0.4 is 26.6 Å². The van der Waals surface area contributed by atoms with Crippen molar-refractivity contribution in [3.05, 3.63) is 36.2 Å². The number of hydrogen-bond acceptors (Lipinski definition) is 9. The lowest BCUT2D eigenvalue weighted by Gasteiger charge is -2.34. The molecule has 3 atom stereocenters. The number of amides is 2. The molecular weight excluding hydrogens is 470 g/mol. The SMILES string of the molecule is CS(=O)(=O)c1ccc(Nc2nc(N3CCC[C@@H](NC(=O)C4C5CNCC54)C3)cnc2C(N)=O)cc1. The maximum absolute atomic E-state index is 12.7. The Morgan fingerprint density at radius 3 is 2.54 bits per heavy atom. The van der Waals surface area contributed by atoms with Crippen LogP contribution in [-0.4, -0.2) is 68.7 Å². The minimum Gasteiger partial charge on any atom is -0.364 e. The summed E-state index contributed by atoms with van der Waals surface area (Å²) >= 11 is 0. The van der Waals surface area contributed by atoms with Gasteiger partial charge in [-0.15, -0.1) is 0 Å². The van der Waals surface area contributed by atoms with Crippen molar-refractivity contribution in [3.63, 3.8) is 0 Å². The molecule has 0 radical (unpaired) electrons. The molecule has 2 unspecified atom stereocenters. The molecule has 1 aliphatic carbocycles. The highest BCUT2D eigenvalue weighted by Crippen LogP contribution is 2.48. The van der Waals surface area contributed by atoms with E-state index in [0.717, 1.165) is 38.7 Å². The topological polar surface area (TPSA) is 159 Å². The molecule has 2 amide bonds. The largest absolute Gasteiger partial charge is 0.364 e.